The van der Waals surface area contributed by atoms with E-state index in [9.17, 15) is 0 Å². The number of hydrogen-bond donors (Lipinski definition) is 0. The number of hydrogen-bond acceptors (Lipinski definition) is 1. The Morgan fingerprint density at radius 2 is 0.973 bits per heavy atom. The lowest BCUT2D eigenvalue weighted by Gasteiger charge is -2.22. The SMILES string of the molecule is CCCc1ccc(-c2ccc3c4c(cccc24)-c2ccccc2-3)cc1.Cc1ccc(-c2ccc(-c3ccc4c5c(oc4c3)C(C)CC=C5)cc2)cc1.Cc1ccc2c(c1)C(C)(C)c1cc(-c3ccccc3)ccc1-2. The van der Waals surface area contributed by atoms with Gasteiger partial charge < -0.3 is 4.42 Å². The molecule has 1 nitrogen and oxygen atoms in total. The summed E-state index contributed by atoms with van der Waals surface area (Å²) in [6, 6.07) is 77.6. The first kappa shape index (κ1) is 46.8. The van der Waals surface area contributed by atoms with E-state index in [2.05, 4.69) is 266 Å². The van der Waals surface area contributed by atoms with Crippen LogP contribution in [0.2, 0.25) is 0 Å². The van der Waals surface area contributed by atoms with E-state index in [4.69, 9.17) is 4.42 Å². The van der Waals surface area contributed by atoms with Crippen LogP contribution in [-0.2, 0) is 11.8 Å². The zero-order chi connectivity index (χ0) is 50.5. The highest BCUT2D eigenvalue weighted by molar-refractivity contribution is 6.18. The Labute approximate surface area is 437 Å². The number of allylic oxidation sites excluding steroid dienone is 1. The Bertz CT molecular complexity index is 3870. The summed E-state index contributed by atoms with van der Waals surface area (Å²) in [5.74, 6) is 1.58. The molecule has 0 N–H and O–H groups in total. The highest BCUT2D eigenvalue weighted by atomic mass is 16.3. The minimum Gasteiger partial charge on any atom is -0.460 e. The molecule has 0 bridgehead atoms. The fraction of sp³-hybridized carbons (Fsp3) is 0.151. The predicted octanol–water partition coefficient (Wildman–Crippen LogP) is 20.7. The lowest BCUT2D eigenvalue weighted by atomic mass is 9.81. The van der Waals surface area contributed by atoms with Crippen molar-refractivity contribution >= 4 is 27.8 Å². The van der Waals surface area contributed by atoms with Crippen molar-refractivity contribution in [2.75, 3.05) is 0 Å². The highest BCUT2D eigenvalue weighted by Gasteiger charge is 2.35. The summed E-state index contributed by atoms with van der Waals surface area (Å²) in [4.78, 5) is 0. The van der Waals surface area contributed by atoms with E-state index >= 15 is 0 Å². The van der Waals surface area contributed by atoms with Crippen molar-refractivity contribution < 1.29 is 4.42 Å². The molecule has 1 unspecified atom stereocenters. The molecule has 0 fully saturated rings. The van der Waals surface area contributed by atoms with Gasteiger partial charge in [0, 0.05) is 22.3 Å². The predicted molar refractivity (Wildman–Crippen MR) is 316 cm³/mol. The quantitative estimate of drug-likeness (QED) is 0.162. The summed E-state index contributed by atoms with van der Waals surface area (Å²) >= 11 is 0. The maximum absolute atomic E-state index is 6.22. The Hall–Kier alpha value is -8.26. The van der Waals surface area contributed by atoms with Crippen LogP contribution < -0.4 is 0 Å². The van der Waals surface area contributed by atoms with Crippen molar-refractivity contribution in [2.45, 2.75) is 72.1 Å². The normalized spacial score (nSPS) is 14.1. The third kappa shape index (κ3) is 8.51. The topological polar surface area (TPSA) is 13.1 Å². The lowest BCUT2D eigenvalue weighted by Crippen LogP contribution is -2.15. The van der Waals surface area contributed by atoms with Gasteiger partial charge in [0.2, 0.25) is 0 Å². The average Bonchev–Trinajstić information content (AvgIpc) is 4.06. The number of rotatable bonds is 6. The summed E-state index contributed by atoms with van der Waals surface area (Å²) in [5.41, 5.74) is 27.6. The van der Waals surface area contributed by atoms with Gasteiger partial charge in [-0.2, -0.15) is 0 Å². The molecule has 14 rings (SSSR count). The molecule has 1 aromatic heterocycles. The molecule has 0 saturated heterocycles. The summed E-state index contributed by atoms with van der Waals surface area (Å²) in [6.45, 7) is 13.4. The van der Waals surface area contributed by atoms with Gasteiger partial charge in [-0.1, -0.05) is 252 Å². The molecular formula is C73H62O. The van der Waals surface area contributed by atoms with Gasteiger partial charge in [-0.15, -0.1) is 0 Å². The molecule has 360 valence electrons. The van der Waals surface area contributed by atoms with E-state index in [-0.39, 0.29) is 5.41 Å². The Morgan fingerprint density at radius 3 is 1.69 bits per heavy atom. The second-order valence-corrected chi connectivity index (χ2v) is 21.3. The minimum atomic E-state index is 0.0709. The van der Waals surface area contributed by atoms with Crippen LogP contribution >= 0.6 is 0 Å². The maximum atomic E-state index is 6.22. The van der Waals surface area contributed by atoms with E-state index < -0.39 is 0 Å². The summed E-state index contributed by atoms with van der Waals surface area (Å²) < 4.78 is 6.22. The van der Waals surface area contributed by atoms with E-state index in [1.54, 1.807) is 0 Å². The molecule has 74 heavy (non-hydrogen) atoms. The van der Waals surface area contributed by atoms with Crippen molar-refractivity contribution in [1.29, 1.82) is 0 Å². The molecule has 1 heterocycles. The van der Waals surface area contributed by atoms with E-state index in [0.29, 0.717) is 5.92 Å². The number of aryl methyl sites for hydroxylation is 3. The van der Waals surface area contributed by atoms with Crippen molar-refractivity contribution in [3.8, 4) is 77.9 Å². The second-order valence-electron chi connectivity index (χ2n) is 21.3. The first-order valence-electron chi connectivity index (χ1n) is 26.6. The third-order valence-corrected chi connectivity index (χ3v) is 15.9. The van der Waals surface area contributed by atoms with Crippen LogP contribution in [0.5, 0.6) is 0 Å². The summed E-state index contributed by atoms with van der Waals surface area (Å²) in [7, 11) is 0. The maximum Gasteiger partial charge on any atom is 0.135 e. The van der Waals surface area contributed by atoms with Gasteiger partial charge in [-0.3, -0.25) is 0 Å². The minimum absolute atomic E-state index is 0.0709. The monoisotopic (exact) mass is 954 g/mol. The smallest absolute Gasteiger partial charge is 0.135 e. The molecule has 1 heteroatoms. The van der Waals surface area contributed by atoms with Gasteiger partial charge in [0.05, 0.1) is 0 Å². The van der Waals surface area contributed by atoms with Crippen LogP contribution in [0.1, 0.15) is 85.6 Å². The number of fused-ring (bicyclic) bond motifs is 9. The van der Waals surface area contributed by atoms with Crippen LogP contribution in [0, 0.1) is 13.8 Å². The molecular weight excluding hydrogens is 893 g/mol. The van der Waals surface area contributed by atoms with Crippen molar-refractivity contribution in [3.05, 3.63) is 258 Å². The van der Waals surface area contributed by atoms with Crippen molar-refractivity contribution in [3.63, 3.8) is 0 Å². The zero-order valence-corrected chi connectivity index (χ0v) is 43.5. The van der Waals surface area contributed by atoms with Gasteiger partial charge in [-0.05, 0) is 150 Å². The molecule has 0 amide bonds. The molecule has 0 radical (unpaired) electrons. The Balaban J connectivity index is 0.000000113. The molecule has 1 atom stereocenters. The molecule has 0 spiro atoms. The van der Waals surface area contributed by atoms with Crippen molar-refractivity contribution in [2.24, 2.45) is 0 Å². The van der Waals surface area contributed by atoms with E-state index in [0.717, 1.165) is 24.2 Å². The van der Waals surface area contributed by atoms with Crippen LogP contribution in [-0.4, -0.2) is 0 Å². The molecule has 11 aromatic rings. The van der Waals surface area contributed by atoms with E-state index in [1.807, 2.05) is 0 Å². The van der Waals surface area contributed by atoms with Crippen molar-refractivity contribution in [1.82, 2.24) is 0 Å². The average molecular weight is 955 g/mol. The number of furan rings is 1. The van der Waals surface area contributed by atoms with Crippen LogP contribution in [0.25, 0.3) is 106 Å². The summed E-state index contributed by atoms with van der Waals surface area (Å²) in [6.07, 6.45) is 7.86. The van der Waals surface area contributed by atoms with Gasteiger partial charge in [-0.25, -0.2) is 0 Å². The summed E-state index contributed by atoms with van der Waals surface area (Å²) in [5, 5.41) is 3.97. The lowest BCUT2D eigenvalue weighted by molar-refractivity contribution is 0.504. The largest absolute Gasteiger partial charge is 0.460 e. The van der Waals surface area contributed by atoms with Gasteiger partial charge >= 0.3 is 0 Å². The molecule has 3 aliphatic rings. The Kier molecular flexibility index (Phi) is 12.2. The standard InChI is InChI=1S/C26H22O.C25H20.C22H20/c1-17-6-8-19(9-7-17)20-10-12-21(13-11-20)22-14-15-23-24-5-3-4-18(2)26(24)27-25(23)16-22;1-2-6-17-11-13-18(14-12-17)19-15-16-24-21-8-4-3-7-20(21)23-10-5-9-22(19)25(23)24;1-15-9-11-18-19-12-10-17(16-7-5-4-6-8-16)14-21(19)22(2,3)20(18)13-15/h3,5-16,18H,4H2,1-2H3;3-5,7-16H,2,6H2,1H3;4-14H,1-3H3. The fourth-order valence-corrected chi connectivity index (χ4v) is 11.8. The molecule has 0 saturated carbocycles. The zero-order valence-electron chi connectivity index (χ0n) is 43.5. The first-order valence-corrected chi connectivity index (χ1v) is 26.6. The molecule has 10 aromatic carbocycles. The van der Waals surface area contributed by atoms with Gasteiger partial charge in [0.15, 0.2) is 0 Å². The molecule has 3 aliphatic carbocycles. The highest BCUT2D eigenvalue weighted by Crippen LogP contribution is 2.51. The Morgan fingerprint density at radius 1 is 0.446 bits per heavy atom. The van der Waals surface area contributed by atoms with Crippen LogP contribution in [0.15, 0.2) is 223 Å². The third-order valence-electron chi connectivity index (χ3n) is 15.9. The molecule has 0 aliphatic heterocycles. The second kappa shape index (κ2) is 19.3. The fourth-order valence-electron chi connectivity index (χ4n) is 11.8. The first-order chi connectivity index (χ1) is 36.1. The van der Waals surface area contributed by atoms with Gasteiger partial charge in [0.1, 0.15) is 11.3 Å². The van der Waals surface area contributed by atoms with E-state index in [1.165, 1.54) is 134 Å². The van der Waals surface area contributed by atoms with Crippen LogP contribution in [0.3, 0.4) is 0 Å². The van der Waals surface area contributed by atoms with Crippen LogP contribution in [0.4, 0.5) is 0 Å². The van der Waals surface area contributed by atoms with Gasteiger partial charge in [0.25, 0.3) is 0 Å². The number of benzene rings is 10.